The lowest BCUT2D eigenvalue weighted by molar-refractivity contribution is -0.153. The Kier molecular flexibility index (Phi) is 5.93. The second kappa shape index (κ2) is 8.13. The van der Waals surface area contributed by atoms with E-state index in [4.69, 9.17) is 33.7 Å². The first-order valence-corrected chi connectivity index (χ1v) is 9.95. The summed E-state index contributed by atoms with van der Waals surface area (Å²) in [7, 11) is 0. The fraction of sp³-hybridized carbons (Fsp3) is 0.333. The van der Waals surface area contributed by atoms with Crippen molar-refractivity contribution < 1.29 is 19.1 Å². The van der Waals surface area contributed by atoms with Gasteiger partial charge in [-0.3, -0.25) is 14.4 Å². The molecule has 2 aliphatic heterocycles. The van der Waals surface area contributed by atoms with Crippen LogP contribution >= 0.6 is 23.2 Å². The molecule has 3 rings (SSSR count). The molecule has 0 unspecified atom stereocenters. The molecule has 4 atom stereocenters. The van der Waals surface area contributed by atoms with Crippen molar-refractivity contribution in [3.05, 3.63) is 57.7 Å². The molecule has 156 valence electrons. The minimum Gasteiger partial charge on any atom is -0.465 e. The second-order valence-electron chi connectivity index (χ2n) is 7.09. The van der Waals surface area contributed by atoms with Crippen molar-refractivity contribution in [2.45, 2.75) is 31.8 Å². The maximum absolute atomic E-state index is 13.2. The summed E-state index contributed by atoms with van der Waals surface area (Å²) in [6.45, 7) is 3.05. The molecule has 0 spiro atoms. The van der Waals surface area contributed by atoms with Gasteiger partial charge >= 0.3 is 5.97 Å². The van der Waals surface area contributed by atoms with Gasteiger partial charge in [0.2, 0.25) is 5.91 Å². The van der Waals surface area contributed by atoms with E-state index in [2.05, 4.69) is 6.07 Å². The summed E-state index contributed by atoms with van der Waals surface area (Å²) in [6, 6.07) is 4.76. The molecule has 1 saturated heterocycles. The minimum atomic E-state index is -1.80. The summed E-state index contributed by atoms with van der Waals surface area (Å²) >= 11 is 12.2. The third kappa shape index (κ3) is 3.26. The van der Waals surface area contributed by atoms with Crippen LogP contribution in [0.3, 0.4) is 0 Å². The SMILES string of the molecule is CCOC(=O)[C@]1(C#N)[C@H](c2ccc(Cl)c(Cl)c2)[C@@H](C(N)=O)N2C=C(C(C)=O)C=C[C@H]21. The number of esters is 1. The Morgan fingerprint density at radius 1 is 1.30 bits per heavy atom. The van der Waals surface area contributed by atoms with E-state index in [0.717, 1.165) is 0 Å². The monoisotopic (exact) mass is 447 g/mol. The number of carbonyl (C=O) groups is 3. The van der Waals surface area contributed by atoms with Crippen molar-refractivity contribution in [1.82, 2.24) is 4.90 Å². The molecule has 1 fully saturated rings. The third-order valence-electron chi connectivity index (χ3n) is 5.46. The van der Waals surface area contributed by atoms with Gasteiger partial charge in [-0.05, 0) is 31.5 Å². The highest BCUT2D eigenvalue weighted by Gasteiger charge is 2.66. The Balaban J connectivity index is 2.31. The van der Waals surface area contributed by atoms with E-state index in [9.17, 15) is 19.6 Å². The first-order chi connectivity index (χ1) is 14.2. The number of hydrogen-bond acceptors (Lipinski definition) is 6. The molecule has 2 aliphatic rings. The molecule has 30 heavy (non-hydrogen) atoms. The molecular formula is C21H19Cl2N3O4. The van der Waals surface area contributed by atoms with Crippen LogP contribution in [0, 0.1) is 16.7 Å². The number of Topliss-reactive ketones (excluding diaryl/α,β-unsaturated/α-hetero) is 1. The third-order valence-corrected chi connectivity index (χ3v) is 6.20. The number of nitrogens with two attached hydrogens (primary N) is 1. The van der Waals surface area contributed by atoms with Crippen LogP contribution in [-0.2, 0) is 19.1 Å². The van der Waals surface area contributed by atoms with Crippen molar-refractivity contribution >= 4 is 40.9 Å². The average Bonchev–Trinajstić information content (AvgIpc) is 3.01. The Hall–Kier alpha value is -2.82. The van der Waals surface area contributed by atoms with E-state index < -0.39 is 35.3 Å². The highest BCUT2D eigenvalue weighted by atomic mass is 35.5. The number of ketones is 1. The standard InChI is InChI=1S/C21H19Cl2N3O4/c1-3-30-20(29)21(10-24)16-7-5-13(11(2)27)9-26(16)18(19(25)28)17(21)12-4-6-14(22)15(23)8-12/h4-9,16-18H,3H2,1-2H3,(H2,25,28)/t16-,17+,18-,21-/m0/s1. The molecule has 0 bridgehead atoms. The van der Waals surface area contributed by atoms with Gasteiger partial charge in [0.15, 0.2) is 11.2 Å². The first-order valence-electron chi connectivity index (χ1n) is 9.20. The molecule has 2 heterocycles. The molecule has 1 amide bonds. The van der Waals surface area contributed by atoms with Crippen molar-refractivity contribution in [2.75, 3.05) is 6.61 Å². The molecule has 9 heteroatoms. The molecule has 0 radical (unpaired) electrons. The number of halogens is 2. The number of fused-ring (bicyclic) bond motifs is 1. The molecule has 0 saturated carbocycles. The average molecular weight is 448 g/mol. The molecular weight excluding hydrogens is 429 g/mol. The van der Waals surface area contributed by atoms with Crippen LogP contribution in [0.2, 0.25) is 10.0 Å². The highest BCUT2D eigenvalue weighted by molar-refractivity contribution is 6.42. The molecule has 1 aromatic carbocycles. The summed E-state index contributed by atoms with van der Waals surface area (Å²) in [4.78, 5) is 39.1. The van der Waals surface area contributed by atoms with E-state index in [0.29, 0.717) is 11.1 Å². The predicted octanol–water partition coefficient (Wildman–Crippen LogP) is 2.73. The van der Waals surface area contributed by atoms with Gasteiger partial charge in [0.1, 0.15) is 6.04 Å². The van der Waals surface area contributed by atoms with Gasteiger partial charge in [-0.2, -0.15) is 5.26 Å². The highest BCUT2D eigenvalue weighted by Crippen LogP contribution is 2.54. The first kappa shape index (κ1) is 21.9. The van der Waals surface area contributed by atoms with Crippen molar-refractivity contribution in [3.63, 3.8) is 0 Å². The zero-order valence-corrected chi connectivity index (χ0v) is 17.8. The zero-order chi connectivity index (χ0) is 22.2. The normalized spacial score (nSPS) is 27.1. The molecule has 0 aromatic heterocycles. The van der Waals surface area contributed by atoms with E-state index >= 15 is 0 Å². The van der Waals surface area contributed by atoms with E-state index in [1.54, 1.807) is 19.1 Å². The number of carbonyl (C=O) groups excluding carboxylic acids is 3. The van der Waals surface area contributed by atoms with E-state index in [-0.39, 0.29) is 22.4 Å². The summed E-state index contributed by atoms with van der Waals surface area (Å²) in [5.41, 5.74) is 4.68. The maximum Gasteiger partial charge on any atom is 0.329 e. The number of amides is 1. The van der Waals surface area contributed by atoms with Gasteiger partial charge in [-0.1, -0.05) is 41.4 Å². The number of primary amides is 1. The molecule has 2 N–H and O–H groups in total. The quantitative estimate of drug-likeness (QED) is 0.693. The Morgan fingerprint density at radius 2 is 2.00 bits per heavy atom. The summed E-state index contributed by atoms with van der Waals surface area (Å²) in [5, 5.41) is 10.8. The number of rotatable bonds is 5. The Morgan fingerprint density at radius 3 is 2.53 bits per heavy atom. The minimum absolute atomic E-state index is 0.0442. The van der Waals surface area contributed by atoms with Crippen LogP contribution < -0.4 is 5.73 Å². The second-order valence-corrected chi connectivity index (χ2v) is 7.91. The molecule has 7 nitrogen and oxygen atoms in total. The van der Waals surface area contributed by atoms with Crippen molar-refractivity contribution in [3.8, 4) is 6.07 Å². The van der Waals surface area contributed by atoms with Gasteiger partial charge in [-0.15, -0.1) is 0 Å². The largest absolute Gasteiger partial charge is 0.465 e. The fourth-order valence-corrected chi connectivity index (χ4v) is 4.48. The number of allylic oxidation sites excluding steroid dienone is 2. The van der Waals surface area contributed by atoms with Crippen LogP contribution in [0.1, 0.15) is 25.3 Å². The fourth-order valence-electron chi connectivity index (χ4n) is 4.17. The predicted molar refractivity (Wildman–Crippen MR) is 110 cm³/mol. The van der Waals surface area contributed by atoms with Gasteiger partial charge in [0, 0.05) is 17.7 Å². The lowest BCUT2D eigenvalue weighted by atomic mass is 9.68. The number of ether oxygens (including phenoxy) is 1. The van der Waals surface area contributed by atoms with E-state index in [1.807, 2.05) is 0 Å². The topological polar surface area (TPSA) is 113 Å². The van der Waals surface area contributed by atoms with Crippen molar-refractivity contribution in [1.29, 1.82) is 5.26 Å². The summed E-state index contributed by atoms with van der Waals surface area (Å²) in [6.07, 6.45) is 4.56. The number of benzene rings is 1. The van der Waals surface area contributed by atoms with Gasteiger partial charge < -0.3 is 15.4 Å². The zero-order valence-electron chi connectivity index (χ0n) is 16.3. The van der Waals surface area contributed by atoms with Crippen LogP contribution in [0.5, 0.6) is 0 Å². The Labute approximate surface area is 183 Å². The van der Waals surface area contributed by atoms with Crippen LogP contribution in [0.25, 0.3) is 0 Å². The number of nitrogens with zero attached hydrogens (tertiary/aromatic N) is 2. The van der Waals surface area contributed by atoms with Gasteiger partial charge in [-0.25, -0.2) is 0 Å². The van der Waals surface area contributed by atoms with Crippen LogP contribution in [0.15, 0.2) is 42.1 Å². The number of nitriles is 1. The van der Waals surface area contributed by atoms with Gasteiger partial charge in [0.05, 0.1) is 28.8 Å². The molecule has 0 aliphatic carbocycles. The summed E-state index contributed by atoms with van der Waals surface area (Å²) in [5.74, 6) is -2.78. The lowest BCUT2D eigenvalue weighted by Crippen LogP contribution is -2.45. The van der Waals surface area contributed by atoms with Crippen LogP contribution in [0.4, 0.5) is 0 Å². The van der Waals surface area contributed by atoms with Crippen LogP contribution in [-0.4, -0.2) is 41.3 Å². The lowest BCUT2D eigenvalue weighted by Gasteiger charge is -2.32. The smallest absolute Gasteiger partial charge is 0.329 e. The van der Waals surface area contributed by atoms with Crippen molar-refractivity contribution in [2.24, 2.45) is 11.1 Å². The number of hydrogen-bond donors (Lipinski definition) is 1. The Bertz CT molecular complexity index is 1030. The summed E-state index contributed by atoms with van der Waals surface area (Å²) < 4.78 is 5.26. The van der Waals surface area contributed by atoms with Gasteiger partial charge in [0.25, 0.3) is 0 Å². The molecule has 1 aromatic rings. The van der Waals surface area contributed by atoms with E-state index in [1.165, 1.54) is 36.2 Å². The maximum atomic E-state index is 13.2.